The Morgan fingerprint density at radius 2 is 1.33 bits per heavy atom. The molecule has 1 heterocycles. The summed E-state index contributed by atoms with van der Waals surface area (Å²) < 4.78 is 0. The van der Waals surface area contributed by atoms with Gasteiger partial charge in [-0.15, -0.1) is 0 Å². The topological polar surface area (TPSA) is 52.7 Å². The van der Waals surface area contributed by atoms with Gasteiger partial charge in [0.15, 0.2) is 0 Å². The molecule has 1 aliphatic heterocycles. The summed E-state index contributed by atoms with van der Waals surface area (Å²) in [5.74, 6) is 0.185. The molecule has 1 aliphatic rings. The first-order chi connectivity index (χ1) is 13.2. The zero-order valence-corrected chi connectivity index (χ0v) is 15.8. The Bertz CT molecular complexity index is 701. The van der Waals surface area contributed by atoms with Gasteiger partial charge in [-0.1, -0.05) is 60.7 Å². The van der Waals surface area contributed by atoms with E-state index >= 15 is 0 Å². The molecule has 1 N–H and O–H groups in total. The molecular weight excluding hydrogens is 338 g/mol. The van der Waals surface area contributed by atoms with E-state index in [1.54, 1.807) is 4.90 Å². The van der Waals surface area contributed by atoms with Crippen LogP contribution >= 0.6 is 0 Å². The summed E-state index contributed by atoms with van der Waals surface area (Å²) in [4.78, 5) is 28.6. The minimum atomic E-state index is -0.0453. The Morgan fingerprint density at radius 1 is 0.852 bits per heavy atom. The lowest BCUT2D eigenvalue weighted by atomic mass is 9.88. The van der Waals surface area contributed by atoms with Crippen molar-refractivity contribution in [1.29, 1.82) is 0 Å². The maximum Gasteiger partial charge on any atom is 0.317 e. The second-order valence-electron chi connectivity index (χ2n) is 6.78. The molecule has 1 fully saturated rings. The fraction of sp³-hybridized carbons (Fsp3) is 0.364. The van der Waals surface area contributed by atoms with Crippen molar-refractivity contribution in [3.8, 4) is 0 Å². The van der Waals surface area contributed by atoms with Crippen molar-refractivity contribution < 1.29 is 9.59 Å². The van der Waals surface area contributed by atoms with Crippen LogP contribution in [0, 0.1) is 0 Å². The minimum Gasteiger partial charge on any atom is -0.339 e. The number of amides is 3. The van der Waals surface area contributed by atoms with Crippen LogP contribution in [0.25, 0.3) is 0 Å². The fourth-order valence-electron chi connectivity index (χ4n) is 3.52. The largest absolute Gasteiger partial charge is 0.339 e. The summed E-state index contributed by atoms with van der Waals surface area (Å²) in [6, 6.07) is 20.3. The number of hydrogen-bond acceptors (Lipinski definition) is 2. The maximum atomic E-state index is 13.0. The number of urea groups is 1. The molecular formula is C22H27N3O2. The van der Waals surface area contributed by atoms with E-state index in [1.807, 2.05) is 48.2 Å². The SMILES string of the molecule is CCNC(=O)N1CCN(C(=O)CC(c2ccccc2)c2ccccc2)CC1. The number of carbonyl (C=O) groups excluding carboxylic acids is 2. The second-order valence-corrected chi connectivity index (χ2v) is 6.78. The van der Waals surface area contributed by atoms with Crippen LogP contribution in [0.2, 0.25) is 0 Å². The number of benzene rings is 2. The highest BCUT2D eigenvalue weighted by Gasteiger charge is 2.26. The number of nitrogens with one attached hydrogen (secondary N) is 1. The second kappa shape index (κ2) is 9.21. The Labute approximate surface area is 161 Å². The van der Waals surface area contributed by atoms with Gasteiger partial charge in [0.2, 0.25) is 5.91 Å². The van der Waals surface area contributed by atoms with Crippen LogP contribution in [0.1, 0.15) is 30.4 Å². The highest BCUT2D eigenvalue weighted by atomic mass is 16.2. The van der Waals surface area contributed by atoms with E-state index < -0.39 is 0 Å². The number of hydrogen-bond donors (Lipinski definition) is 1. The van der Waals surface area contributed by atoms with Crippen molar-refractivity contribution >= 4 is 11.9 Å². The van der Waals surface area contributed by atoms with E-state index in [1.165, 1.54) is 0 Å². The highest BCUT2D eigenvalue weighted by molar-refractivity contribution is 5.79. The van der Waals surface area contributed by atoms with Gasteiger partial charge in [-0.25, -0.2) is 4.79 Å². The van der Waals surface area contributed by atoms with E-state index in [9.17, 15) is 9.59 Å². The van der Waals surface area contributed by atoms with Crippen LogP contribution in [0.15, 0.2) is 60.7 Å². The minimum absolute atomic E-state index is 0.0429. The Balaban J connectivity index is 1.66. The zero-order chi connectivity index (χ0) is 19.1. The van der Waals surface area contributed by atoms with Crippen LogP contribution in [0.5, 0.6) is 0 Å². The van der Waals surface area contributed by atoms with Crippen molar-refractivity contribution in [2.75, 3.05) is 32.7 Å². The predicted molar refractivity (Wildman–Crippen MR) is 107 cm³/mol. The van der Waals surface area contributed by atoms with Gasteiger partial charge in [-0.05, 0) is 18.1 Å². The molecule has 2 aromatic carbocycles. The lowest BCUT2D eigenvalue weighted by Gasteiger charge is -2.35. The average Bonchev–Trinajstić information content (AvgIpc) is 2.73. The first-order valence-corrected chi connectivity index (χ1v) is 9.59. The molecule has 0 bridgehead atoms. The number of carbonyl (C=O) groups is 2. The van der Waals surface area contributed by atoms with Crippen LogP contribution in [0.3, 0.4) is 0 Å². The molecule has 0 spiro atoms. The van der Waals surface area contributed by atoms with Crippen molar-refractivity contribution in [2.45, 2.75) is 19.3 Å². The Hall–Kier alpha value is -2.82. The van der Waals surface area contributed by atoms with E-state index in [0.29, 0.717) is 39.1 Å². The molecule has 2 aromatic rings. The third-order valence-electron chi connectivity index (χ3n) is 5.03. The van der Waals surface area contributed by atoms with Crippen LogP contribution in [-0.4, -0.2) is 54.5 Å². The van der Waals surface area contributed by atoms with Crippen molar-refractivity contribution in [3.05, 3.63) is 71.8 Å². The van der Waals surface area contributed by atoms with Gasteiger partial charge in [0.05, 0.1) is 0 Å². The molecule has 0 atom stereocenters. The summed E-state index contributed by atoms with van der Waals surface area (Å²) >= 11 is 0. The summed E-state index contributed by atoms with van der Waals surface area (Å²) in [5.41, 5.74) is 2.30. The van der Waals surface area contributed by atoms with Crippen molar-refractivity contribution in [1.82, 2.24) is 15.1 Å². The predicted octanol–water partition coefficient (Wildman–Crippen LogP) is 3.08. The fourth-order valence-corrected chi connectivity index (χ4v) is 3.52. The molecule has 0 unspecified atom stereocenters. The van der Waals surface area contributed by atoms with Crippen LogP contribution in [0.4, 0.5) is 4.79 Å². The third-order valence-corrected chi connectivity index (χ3v) is 5.03. The first kappa shape index (κ1) is 19.0. The molecule has 5 heteroatoms. The lowest BCUT2D eigenvalue weighted by Crippen LogP contribution is -2.53. The van der Waals surface area contributed by atoms with E-state index in [4.69, 9.17) is 0 Å². The first-order valence-electron chi connectivity index (χ1n) is 9.59. The molecule has 5 nitrogen and oxygen atoms in total. The average molecular weight is 365 g/mol. The molecule has 27 heavy (non-hydrogen) atoms. The van der Waals surface area contributed by atoms with Gasteiger partial charge in [-0.3, -0.25) is 4.79 Å². The van der Waals surface area contributed by atoms with Gasteiger partial charge in [0.1, 0.15) is 0 Å². The molecule has 0 aliphatic carbocycles. The molecule has 3 amide bonds. The summed E-state index contributed by atoms with van der Waals surface area (Å²) in [6.45, 7) is 4.87. The van der Waals surface area contributed by atoms with Gasteiger partial charge in [0.25, 0.3) is 0 Å². The lowest BCUT2D eigenvalue weighted by molar-refractivity contribution is -0.132. The van der Waals surface area contributed by atoms with E-state index in [2.05, 4.69) is 29.6 Å². The Morgan fingerprint density at radius 3 is 1.81 bits per heavy atom. The summed E-state index contributed by atoms with van der Waals surface area (Å²) in [6.07, 6.45) is 0.440. The number of piperazine rings is 1. The summed E-state index contributed by atoms with van der Waals surface area (Å²) in [7, 11) is 0. The van der Waals surface area contributed by atoms with Gasteiger partial charge in [0, 0.05) is 45.1 Å². The molecule has 0 saturated carbocycles. The quantitative estimate of drug-likeness (QED) is 0.885. The van der Waals surface area contributed by atoms with Crippen molar-refractivity contribution in [2.24, 2.45) is 0 Å². The van der Waals surface area contributed by atoms with Gasteiger partial charge < -0.3 is 15.1 Å². The highest BCUT2D eigenvalue weighted by Crippen LogP contribution is 2.28. The standard InChI is InChI=1S/C22H27N3O2/c1-2-23-22(27)25-15-13-24(14-16-25)21(26)17-20(18-9-5-3-6-10-18)19-11-7-4-8-12-19/h3-12,20H,2,13-17H2,1H3,(H,23,27). The molecule has 0 aromatic heterocycles. The number of nitrogens with zero attached hydrogens (tertiary/aromatic N) is 2. The van der Waals surface area contributed by atoms with Gasteiger partial charge in [-0.2, -0.15) is 0 Å². The zero-order valence-electron chi connectivity index (χ0n) is 15.8. The van der Waals surface area contributed by atoms with Crippen LogP contribution in [-0.2, 0) is 4.79 Å². The molecule has 3 rings (SSSR count). The summed E-state index contributed by atoms with van der Waals surface area (Å²) in [5, 5.41) is 2.82. The smallest absolute Gasteiger partial charge is 0.317 e. The van der Waals surface area contributed by atoms with E-state index in [-0.39, 0.29) is 17.9 Å². The van der Waals surface area contributed by atoms with Crippen molar-refractivity contribution in [3.63, 3.8) is 0 Å². The monoisotopic (exact) mass is 365 g/mol. The van der Waals surface area contributed by atoms with Gasteiger partial charge >= 0.3 is 6.03 Å². The number of rotatable bonds is 5. The third kappa shape index (κ3) is 4.88. The molecule has 1 saturated heterocycles. The molecule has 142 valence electrons. The Kier molecular flexibility index (Phi) is 6.47. The maximum absolute atomic E-state index is 13.0. The van der Waals surface area contributed by atoms with Crippen LogP contribution < -0.4 is 5.32 Å². The normalized spacial score (nSPS) is 14.3. The molecule has 0 radical (unpaired) electrons. The van der Waals surface area contributed by atoms with E-state index in [0.717, 1.165) is 11.1 Å².